The number of methoxy groups -OCH3 is 1. The van der Waals surface area contributed by atoms with Crippen LogP contribution in [0.2, 0.25) is 0 Å². The van der Waals surface area contributed by atoms with E-state index in [9.17, 15) is 9.59 Å². The van der Waals surface area contributed by atoms with E-state index < -0.39 is 23.9 Å². The van der Waals surface area contributed by atoms with Crippen LogP contribution < -0.4 is 22.1 Å². The Morgan fingerprint density at radius 3 is 2.41 bits per heavy atom. The molecule has 152 valence electrons. The van der Waals surface area contributed by atoms with Crippen molar-refractivity contribution >= 4 is 35.4 Å². The zero-order chi connectivity index (χ0) is 21.6. The number of hydrogen-bond acceptors (Lipinski definition) is 8. The van der Waals surface area contributed by atoms with Crippen molar-refractivity contribution in [2.75, 3.05) is 18.2 Å². The number of aromatic nitrogens is 1. The van der Waals surface area contributed by atoms with Gasteiger partial charge < -0.3 is 26.3 Å². The molecular weight excluding hydrogens is 378 g/mol. The van der Waals surface area contributed by atoms with Crippen LogP contribution in [0.3, 0.4) is 0 Å². The summed E-state index contributed by atoms with van der Waals surface area (Å²) in [5.41, 5.74) is 11.4. The fourth-order valence-corrected chi connectivity index (χ4v) is 2.46. The molecule has 1 atom stereocenters. The normalized spacial score (nSPS) is 11.1. The van der Waals surface area contributed by atoms with E-state index >= 15 is 0 Å². The smallest absolute Gasteiger partial charge is 0.411 e. The second-order valence-corrected chi connectivity index (χ2v) is 5.83. The molecule has 11 nitrogen and oxygen atoms in total. The lowest BCUT2D eigenvalue weighted by Gasteiger charge is -2.17. The molecule has 0 saturated heterocycles. The molecule has 0 spiro atoms. The summed E-state index contributed by atoms with van der Waals surface area (Å²) in [5, 5.41) is 20.9. The third-order valence-electron chi connectivity index (χ3n) is 3.79. The first-order valence-electron chi connectivity index (χ1n) is 8.35. The van der Waals surface area contributed by atoms with Gasteiger partial charge in [-0.2, -0.15) is 0 Å². The average Bonchev–Trinajstić information content (AvgIpc) is 2.67. The summed E-state index contributed by atoms with van der Waals surface area (Å²) < 4.78 is 9.36. The maximum Gasteiger partial charge on any atom is 0.411 e. The third-order valence-corrected chi connectivity index (χ3v) is 3.79. The number of primary amides is 1. The lowest BCUT2D eigenvalue weighted by Crippen LogP contribution is -2.32. The van der Waals surface area contributed by atoms with E-state index in [0.29, 0.717) is 0 Å². The fraction of sp³-hybridized carbons (Fsp3) is 0.167. The molecule has 1 aromatic heterocycles. The van der Waals surface area contributed by atoms with Crippen molar-refractivity contribution in [1.29, 1.82) is 10.8 Å². The number of ether oxygens (including phenoxy) is 2. The number of carbonyl (C=O) groups is 2. The number of pyridine rings is 1. The summed E-state index contributed by atoms with van der Waals surface area (Å²) in [7, 11) is 1.23. The fourth-order valence-electron chi connectivity index (χ4n) is 2.46. The van der Waals surface area contributed by atoms with E-state index in [2.05, 4.69) is 20.4 Å². The van der Waals surface area contributed by atoms with E-state index in [1.807, 2.05) is 37.3 Å². The van der Waals surface area contributed by atoms with Gasteiger partial charge >= 0.3 is 12.1 Å². The molecule has 0 radical (unpaired) electrons. The average molecular weight is 399 g/mol. The Balaban J connectivity index is 2.27. The number of nitrogens with zero attached hydrogens (tertiary/aromatic N) is 1. The maximum atomic E-state index is 12.3. The largest absolute Gasteiger partial charge is 0.481 e. The van der Waals surface area contributed by atoms with Crippen molar-refractivity contribution in [3.8, 4) is 0 Å². The first-order chi connectivity index (χ1) is 13.7. The molecule has 3 amide bonds. The summed E-state index contributed by atoms with van der Waals surface area (Å²) in [6, 6.07) is 9.74. The molecule has 2 rings (SSSR count). The predicted molar refractivity (Wildman–Crippen MR) is 107 cm³/mol. The van der Waals surface area contributed by atoms with E-state index in [1.54, 1.807) is 0 Å². The molecule has 0 aliphatic heterocycles. The van der Waals surface area contributed by atoms with E-state index in [0.717, 1.165) is 5.56 Å². The van der Waals surface area contributed by atoms with Crippen LogP contribution >= 0.6 is 0 Å². The van der Waals surface area contributed by atoms with E-state index in [4.69, 9.17) is 27.0 Å². The van der Waals surface area contributed by atoms with Gasteiger partial charge in [0, 0.05) is 6.07 Å². The molecule has 2 aromatic rings. The van der Waals surface area contributed by atoms with E-state index in [-0.39, 0.29) is 28.8 Å². The van der Waals surface area contributed by atoms with Crippen LogP contribution in [0.15, 0.2) is 36.4 Å². The van der Waals surface area contributed by atoms with Gasteiger partial charge in [-0.25, -0.2) is 14.6 Å². The number of nitrogen functional groups attached to an aromatic ring is 1. The number of nitrogens with two attached hydrogens (primary N) is 2. The summed E-state index contributed by atoms with van der Waals surface area (Å²) in [5.74, 6) is -1.18. The number of anilines is 2. The Bertz CT molecular complexity index is 947. The van der Waals surface area contributed by atoms with Crippen molar-refractivity contribution in [2.45, 2.75) is 13.0 Å². The standard InChI is InChI=1S/C18H21N7O4/c1-9(10-6-4-3-5-7-10)23-18(27)25-12-8-11(19)13(15(20)28-2)14(24-12)16(21)29-17(22)26/h3-9,20-21H,1-2H3,(H2,22,26)(H4,19,23,24,25,27)/t9-/m1/s1. The van der Waals surface area contributed by atoms with Crippen LogP contribution in [0.25, 0.3) is 0 Å². The van der Waals surface area contributed by atoms with Crippen molar-refractivity contribution in [1.82, 2.24) is 10.3 Å². The van der Waals surface area contributed by atoms with E-state index in [1.165, 1.54) is 13.2 Å². The summed E-state index contributed by atoms with van der Waals surface area (Å²) >= 11 is 0. The van der Waals surface area contributed by atoms with Crippen molar-refractivity contribution in [3.63, 3.8) is 0 Å². The number of benzene rings is 1. The molecule has 29 heavy (non-hydrogen) atoms. The highest BCUT2D eigenvalue weighted by atomic mass is 16.6. The minimum atomic E-state index is -1.24. The lowest BCUT2D eigenvalue weighted by molar-refractivity contribution is 0.207. The van der Waals surface area contributed by atoms with Crippen LogP contribution in [0.5, 0.6) is 0 Å². The lowest BCUT2D eigenvalue weighted by atomic mass is 10.1. The Kier molecular flexibility index (Phi) is 6.69. The molecule has 0 fully saturated rings. The van der Waals surface area contributed by atoms with Crippen LogP contribution in [0.4, 0.5) is 21.1 Å². The van der Waals surface area contributed by atoms with Gasteiger partial charge in [-0.1, -0.05) is 30.3 Å². The Morgan fingerprint density at radius 2 is 1.83 bits per heavy atom. The van der Waals surface area contributed by atoms with Crippen LogP contribution in [-0.2, 0) is 9.47 Å². The summed E-state index contributed by atoms with van der Waals surface area (Å²) in [6.45, 7) is 1.81. The molecule has 0 unspecified atom stereocenters. The molecule has 1 aromatic carbocycles. The summed E-state index contributed by atoms with van der Waals surface area (Å²) in [4.78, 5) is 27.3. The van der Waals surface area contributed by atoms with Crippen LogP contribution in [0, 0.1) is 10.8 Å². The zero-order valence-electron chi connectivity index (χ0n) is 15.8. The Labute approximate surface area is 166 Å². The zero-order valence-corrected chi connectivity index (χ0v) is 15.8. The molecule has 0 saturated carbocycles. The van der Waals surface area contributed by atoms with Gasteiger partial charge in [0.2, 0.25) is 11.8 Å². The van der Waals surface area contributed by atoms with Crippen molar-refractivity contribution in [2.24, 2.45) is 5.73 Å². The third kappa shape index (κ3) is 5.42. The van der Waals surface area contributed by atoms with Gasteiger partial charge in [0.1, 0.15) is 11.5 Å². The second kappa shape index (κ2) is 9.17. The topological polar surface area (TPSA) is 189 Å². The predicted octanol–water partition coefficient (Wildman–Crippen LogP) is 1.94. The number of nitrogens with one attached hydrogen (secondary N) is 4. The molecular formula is C18H21N7O4. The van der Waals surface area contributed by atoms with Crippen molar-refractivity contribution in [3.05, 3.63) is 53.2 Å². The molecule has 1 heterocycles. The molecule has 0 bridgehead atoms. The minimum absolute atomic E-state index is 0.0221. The first-order valence-corrected chi connectivity index (χ1v) is 8.35. The van der Waals surface area contributed by atoms with Gasteiger partial charge in [0.15, 0.2) is 0 Å². The monoisotopic (exact) mass is 399 g/mol. The van der Waals surface area contributed by atoms with Crippen molar-refractivity contribution < 1.29 is 19.1 Å². The molecule has 8 N–H and O–H groups in total. The van der Waals surface area contributed by atoms with Crippen LogP contribution in [0.1, 0.15) is 29.8 Å². The van der Waals surface area contributed by atoms with Gasteiger partial charge in [0.05, 0.1) is 24.4 Å². The number of rotatable bonds is 5. The SMILES string of the molecule is COC(=N)c1c(N)cc(NC(=O)N[C@H](C)c2ccccc2)nc1C(=N)OC(N)=O. The van der Waals surface area contributed by atoms with Gasteiger partial charge in [-0.3, -0.25) is 16.1 Å². The van der Waals surface area contributed by atoms with Gasteiger partial charge in [0.25, 0.3) is 0 Å². The summed E-state index contributed by atoms with van der Waals surface area (Å²) in [6.07, 6.45) is -1.24. The molecule has 11 heteroatoms. The number of amides is 3. The first kappa shape index (κ1) is 21.2. The Morgan fingerprint density at radius 1 is 1.17 bits per heavy atom. The van der Waals surface area contributed by atoms with Gasteiger partial charge in [-0.15, -0.1) is 0 Å². The highest BCUT2D eigenvalue weighted by Gasteiger charge is 2.22. The molecule has 0 aliphatic carbocycles. The van der Waals surface area contributed by atoms with Gasteiger partial charge in [-0.05, 0) is 12.5 Å². The number of urea groups is 1. The number of carbonyl (C=O) groups excluding carboxylic acids is 2. The minimum Gasteiger partial charge on any atom is -0.481 e. The Hall–Kier alpha value is -4.15. The molecule has 0 aliphatic rings. The number of hydrogen-bond donors (Lipinski definition) is 6. The highest BCUT2D eigenvalue weighted by molar-refractivity contribution is 6.09. The second-order valence-electron chi connectivity index (χ2n) is 5.83. The quantitative estimate of drug-likeness (QED) is 0.329. The highest BCUT2D eigenvalue weighted by Crippen LogP contribution is 2.22. The maximum absolute atomic E-state index is 12.3. The van der Waals surface area contributed by atoms with Crippen LogP contribution in [-0.4, -0.2) is 36.0 Å².